The van der Waals surface area contributed by atoms with Gasteiger partial charge in [-0.15, -0.1) is 0 Å². The summed E-state index contributed by atoms with van der Waals surface area (Å²) in [6, 6.07) is 4.59. The van der Waals surface area contributed by atoms with E-state index in [1.165, 1.54) is 18.3 Å². The zero-order valence-corrected chi connectivity index (χ0v) is 22.5. The Hall–Kier alpha value is -2.55. The number of nitrogens with zero attached hydrogens (tertiary/aromatic N) is 3. The largest absolute Gasteiger partial charge is 1.00 e. The molecule has 15 heteroatoms. The second-order valence-electron chi connectivity index (χ2n) is 6.67. The Morgan fingerprint density at radius 2 is 1.76 bits per heavy atom. The van der Waals surface area contributed by atoms with Crippen molar-refractivity contribution in [1.29, 1.82) is 0 Å². The maximum Gasteiger partial charge on any atom is 1.00 e. The quantitative estimate of drug-likeness (QED) is 0.208. The first-order chi connectivity index (χ1) is 15.2. The summed E-state index contributed by atoms with van der Waals surface area (Å²) >= 11 is 0. The third-order valence-electron chi connectivity index (χ3n) is 4.33. The molecule has 0 spiro atoms. The minimum atomic E-state index is -1.59. The predicted octanol–water partition coefficient (Wildman–Crippen LogP) is -8.71. The minimum Gasteiger partial charge on any atom is -0.550 e. The van der Waals surface area contributed by atoms with Gasteiger partial charge in [0.2, 0.25) is 5.95 Å². The van der Waals surface area contributed by atoms with E-state index in [2.05, 4.69) is 30.6 Å². The van der Waals surface area contributed by atoms with Gasteiger partial charge in [-0.05, 0) is 37.1 Å². The van der Waals surface area contributed by atoms with Crippen LogP contribution >= 0.6 is 0 Å². The molecule has 1 aromatic carbocycles. The third-order valence-corrected chi connectivity index (χ3v) is 4.33. The van der Waals surface area contributed by atoms with Crippen LogP contribution in [0.5, 0.6) is 0 Å². The number of fused-ring (bicyclic) bond motifs is 1. The number of aliphatic carboxylic acids is 2. The Morgan fingerprint density at radius 1 is 1.09 bits per heavy atom. The summed E-state index contributed by atoms with van der Waals surface area (Å²) in [6.45, 7) is 0.217. The summed E-state index contributed by atoms with van der Waals surface area (Å²) in [5.74, 6) is -3.78. The summed E-state index contributed by atoms with van der Waals surface area (Å²) < 4.78 is 0. The number of hydrogen-bond donors (Lipinski definition) is 4. The molecule has 0 radical (unpaired) electrons. The van der Waals surface area contributed by atoms with Crippen LogP contribution in [0.2, 0.25) is 0 Å². The average Bonchev–Trinajstić information content (AvgIpc) is 2.75. The number of carboxylic acids is 2. The van der Waals surface area contributed by atoms with Gasteiger partial charge in [0.15, 0.2) is 11.2 Å². The van der Waals surface area contributed by atoms with E-state index in [1.54, 1.807) is 12.1 Å². The van der Waals surface area contributed by atoms with Crippen LogP contribution in [-0.2, 0) is 16.1 Å². The number of carbonyl (C=O) groups excluding carboxylic acids is 3. The topological polar surface area (TPSA) is 219 Å². The smallest absolute Gasteiger partial charge is 0.550 e. The van der Waals surface area contributed by atoms with Gasteiger partial charge in [0, 0.05) is 17.2 Å². The van der Waals surface area contributed by atoms with Crippen molar-refractivity contribution < 1.29 is 83.7 Å². The number of H-pyrrole nitrogens is 1. The standard InChI is InChI=1S/C19H19N7O6.2Na/c20-19-25-15-14(17(30)26-19)23-11(8-22-15)7-21-10-3-1-9(2-4-10)16(29)24-12(18(31)32)5-6-13(27)28;;/h1-4,8,12,21H,5-7H2,(H,24,29)(H,27,28)(H,31,32)(H3,20,22,25,26,30);;/q;2*+1/p-2. The molecular formula is C19H17N7Na2O6. The molecule has 0 saturated heterocycles. The fraction of sp³-hybridized carbons (Fsp3) is 0.211. The average molecular weight is 485 g/mol. The van der Waals surface area contributed by atoms with Crippen molar-refractivity contribution in [3.63, 3.8) is 0 Å². The van der Waals surface area contributed by atoms with E-state index in [-0.39, 0.29) is 94.8 Å². The maximum atomic E-state index is 12.2. The van der Waals surface area contributed by atoms with Crippen LogP contribution < -0.4 is 91.3 Å². The van der Waals surface area contributed by atoms with Gasteiger partial charge in [-0.25, -0.2) is 9.97 Å². The van der Waals surface area contributed by atoms with Gasteiger partial charge in [0.05, 0.1) is 30.4 Å². The van der Waals surface area contributed by atoms with Crippen molar-refractivity contribution in [3.8, 4) is 0 Å². The molecule has 3 aromatic rings. The van der Waals surface area contributed by atoms with Crippen molar-refractivity contribution in [2.75, 3.05) is 11.1 Å². The van der Waals surface area contributed by atoms with Gasteiger partial charge in [0.1, 0.15) is 0 Å². The number of benzene rings is 1. The Labute approximate surface area is 236 Å². The molecular weight excluding hydrogens is 468 g/mol. The van der Waals surface area contributed by atoms with Crippen molar-refractivity contribution in [1.82, 2.24) is 25.3 Å². The number of amides is 1. The van der Waals surface area contributed by atoms with Gasteiger partial charge < -0.3 is 36.2 Å². The molecule has 1 atom stereocenters. The number of anilines is 2. The van der Waals surface area contributed by atoms with Crippen LogP contribution in [0, 0.1) is 0 Å². The molecule has 2 aromatic heterocycles. The maximum absolute atomic E-state index is 12.2. The fourth-order valence-corrected chi connectivity index (χ4v) is 2.74. The number of aromatic nitrogens is 4. The van der Waals surface area contributed by atoms with Crippen molar-refractivity contribution in [3.05, 3.63) is 52.1 Å². The number of carboxylic acid groups (broad SMARTS) is 2. The molecule has 5 N–H and O–H groups in total. The monoisotopic (exact) mass is 485 g/mol. The first-order valence-corrected chi connectivity index (χ1v) is 9.30. The SMILES string of the molecule is Nc1nc2ncc(CNc3ccc(C(=O)NC(CCC(=O)[O-])C(=O)[O-])cc3)nc2c(=O)[nH]1.[Na+].[Na+]. The normalized spacial score (nSPS) is 10.9. The van der Waals surface area contributed by atoms with Gasteiger partial charge in [0.25, 0.3) is 11.5 Å². The minimum absolute atomic E-state index is 0. The van der Waals surface area contributed by atoms with Crippen LogP contribution in [0.15, 0.2) is 35.3 Å². The third kappa shape index (κ3) is 8.04. The number of nitrogens with two attached hydrogens (primary N) is 1. The first-order valence-electron chi connectivity index (χ1n) is 9.30. The summed E-state index contributed by atoms with van der Waals surface area (Å²) in [5.41, 5.74) is 6.37. The molecule has 3 rings (SSSR count). The van der Waals surface area contributed by atoms with Crippen LogP contribution in [0.1, 0.15) is 28.9 Å². The van der Waals surface area contributed by atoms with E-state index < -0.39 is 35.9 Å². The Bertz CT molecular complexity index is 1240. The number of rotatable bonds is 9. The van der Waals surface area contributed by atoms with Crippen molar-refractivity contribution in [2.24, 2.45) is 0 Å². The molecule has 34 heavy (non-hydrogen) atoms. The predicted molar refractivity (Wildman–Crippen MR) is 107 cm³/mol. The molecule has 0 bridgehead atoms. The molecule has 0 aliphatic carbocycles. The van der Waals surface area contributed by atoms with Gasteiger partial charge >= 0.3 is 59.1 Å². The molecule has 0 fully saturated rings. The van der Waals surface area contributed by atoms with Crippen LogP contribution in [0.3, 0.4) is 0 Å². The fourth-order valence-electron chi connectivity index (χ4n) is 2.74. The molecule has 1 unspecified atom stereocenters. The molecule has 0 aliphatic rings. The van der Waals surface area contributed by atoms with Gasteiger partial charge in [-0.2, -0.15) is 4.98 Å². The van der Waals surface area contributed by atoms with E-state index in [0.29, 0.717) is 11.4 Å². The summed E-state index contributed by atoms with van der Waals surface area (Å²) in [4.78, 5) is 60.2. The summed E-state index contributed by atoms with van der Waals surface area (Å²) in [7, 11) is 0. The summed E-state index contributed by atoms with van der Waals surface area (Å²) in [6.07, 6.45) is 0.554. The van der Waals surface area contributed by atoms with Crippen LogP contribution in [0.25, 0.3) is 11.2 Å². The number of aromatic amines is 1. The second-order valence-corrected chi connectivity index (χ2v) is 6.67. The molecule has 1 amide bonds. The second kappa shape index (κ2) is 13.4. The number of nitrogen functional groups attached to an aromatic ring is 1. The van der Waals surface area contributed by atoms with Crippen molar-refractivity contribution >= 4 is 40.6 Å². The van der Waals surface area contributed by atoms with E-state index in [1.807, 2.05) is 0 Å². The van der Waals surface area contributed by atoms with E-state index >= 15 is 0 Å². The number of nitrogens with one attached hydrogen (secondary N) is 3. The van der Waals surface area contributed by atoms with Gasteiger partial charge in [-0.1, -0.05) is 0 Å². The van der Waals surface area contributed by atoms with Gasteiger partial charge in [-0.3, -0.25) is 14.6 Å². The van der Waals surface area contributed by atoms with E-state index in [4.69, 9.17) is 5.73 Å². The zero-order chi connectivity index (χ0) is 23.3. The van der Waals surface area contributed by atoms with Crippen LogP contribution in [-0.4, -0.2) is 43.8 Å². The Balaban J connectivity index is 0.00000289. The first kappa shape index (κ1) is 29.5. The van der Waals surface area contributed by atoms with E-state index in [9.17, 15) is 29.4 Å². The molecule has 166 valence electrons. The summed E-state index contributed by atoms with van der Waals surface area (Å²) in [5, 5.41) is 26.8. The van der Waals surface area contributed by atoms with E-state index in [0.717, 1.165) is 0 Å². The zero-order valence-electron chi connectivity index (χ0n) is 18.5. The number of carbonyl (C=O) groups is 3. The molecule has 2 heterocycles. The number of hydrogen-bond acceptors (Lipinski definition) is 11. The Kier molecular flexibility index (Phi) is 11.6. The molecule has 0 aliphatic heterocycles. The van der Waals surface area contributed by atoms with Crippen LogP contribution in [0.4, 0.5) is 11.6 Å². The Morgan fingerprint density at radius 3 is 2.38 bits per heavy atom. The van der Waals surface area contributed by atoms with Crippen molar-refractivity contribution in [2.45, 2.75) is 25.4 Å². The molecule has 0 saturated carbocycles. The molecule has 13 nitrogen and oxygen atoms in total.